The SMILES string of the molecule is Cl.Cl.NCCCC(=O)O. The second-order valence-corrected chi connectivity index (χ2v) is 1.29. The van der Waals surface area contributed by atoms with E-state index in [1.807, 2.05) is 0 Å². The highest BCUT2D eigenvalue weighted by molar-refractivity contribution is 5.85. The summed E-state index contributed by atoms with van der Waals surface area (Å²) in [7, 11) is 0. The summed E-state index contributed by atoms with van der Waals surface area (Å²) in [6.07, 6.45) is 0.770. The number of aliphatic carboxylic acids is 1. The number of halogens is 2. The molecule has 0 aromatic rings. The first-order valence-corrected chi connectivity index (χ1v) is 2.19. The Balaban J connectivity index is -0.000000180. The Hall–Kier alpha value is 0.01000. The molecule has 0 rings (SSSR count). The Labute approximate surface area is 66.4 Å². The Kier molecular flexibility index (Phi) is 19.4. The molecule has 5 heteroatoms. The molecule has 0 bridgehead atoms. The molecule has 0 saturated heterocycles. The monoisotopic (exact) mass is 175 g/mol. The van der Waals surface area contributed by atoms with E-state index >= 15 is 0 Å². The molecule has 0 aliphatic heterocycles. The van der Waals surface area contributed by atoms with Crippen molar-refractivity contribution in [3.8, 4) is 0 Å². The van der Waals surface area contributed by atoms with Crippen LogP contribution in [0.2, 0.25) is 0 Å². The quantitative estimate of drug-likeness (QED) is 0.663. The number of rotatable bonds is 3. The van der Waals surface area contributed by atoms with Crippen LogP contribution in [0, 0.1) is 0 Å². The van der Waals surface area contributed by atoms with Gasteiger partial charge in [-0.15, -0.1) is 24.8 Å². The van der Waals surface area contributed by atoms with Gasteiger partial charge in [0.1, 0.15) is 0 Å². The lowest BCUT2D eigenvalue weighted by Gasteiger charge is -1.86. The largest absolute Gasteiger partial charge is 0.481 e. The number of carbonyl (C=O) groups is 1. The Morgan fingerprint density at radius 3 is 2.00 bits per heavy atom. The predicted molar refractivity (Wildman–Crippen MR) is 40.4 cm³/mol. The van der Waals surface area contributed by atoms with Crippen molar-refractivity contribution in [2.75, 3.05) is 6.54 Å². The summed E-state index contributed by atoms with van der Waals surface area (Å²) < 4.78 is 0. The second kappa shape index (κ2) is 10.9. The van der Waals surface area contributed by atoms with Crippen LogP contribution in [-0.4, -0.2) is 17.6 Å². The van der Waals surface area contributed by atoms with Crippen LogP contribution in [0.4, 0.5) is 0 Å². The molecule has 0 amide bonds. The fourth-order valence-electron chi connectivity index (χ4n) is 0.253. The van der Waals surface area contributed by atoms with E-state index in [-0.39, 0.29) is 31.2 Å². The summed E-state index contributed by atoms with van der Waals surface area (Å²) in [6.45, 7) is 0.465. The maximum Gasteiger partial charge on any atom is 0.303 e. The maximum absolute atomic E-state index is 9.70. The standard InChI is InChI=1S/C4H9NO2.2ClH/c5-3-1-2-4(6)7;;/h1-3,5H2,(H,6,7);2*1H. The summed E-state index contributed by atoms with van der Waals surface area (Å²) in [5, 5.41) is 7.99. The molecule has 0 aromatic heterocycles. The van der Waals surface area contributed by atoms with E-state index in [4.69, 9.17) is 10.8 Å². The number of carboxylic acids is 1. The van der Waals surface area contributed by atoms with Crippen molar-refractivity contribution in [1.82, 2.24) is 0 Å². The molecular formula is C4H11Cl2NO2. The third-order valence-corrected chi connectivity index (χ3v) is 0.595. The van der Waals surface area contributed by atoms with E-state index in [2.05, 4.69) is 0 Å². The number of nitrogens with two attached hydrogens (primary N) is 1. The third-order valence-electron chi connectivity index (χ3n) is 0.595. The zero-order chi connectivity index (χ0) is 5.70. The Bertz CT molecular complexity index is 69.6. The smallest absolute Gasteiger partial charge is 0.303 e. The van der Waals surface area contributed by atoms with E-state index in [1.54, 1.807) is 0 Å². The summed E-state index contributed by atoms with van der Waals surface area (Å²) in [5.74, 6) is -0.773. The molecule has 0 unspecified atom stereocenters. The van der Waals surface area contributed by atoms with Crippen molar-refractivity contribution < 1.29 is 9.90 Å². The first kappa shape index (κ1) is 16.0. The molecule has 9 heavy (non-hydrogen) atoms. The van der Waals surface area contributed by atoms with Gasteiger partial charge >= 0.3 is 5.97 Å². The predicted octanol–water partition coefficient (Wildman–Crippen LogP) is 0.653. The zero-order valence-corrected chi connectivity index (χ0v) is 6.50. The molecule has 0 heterocycles. The molecule has 0 aliphatic rings. The molecule has 3 N–H and O–H groups in total. The van der Waals surface area contributed by atoms with Crippen LogP contribution >= 0.6 is 24.8 Å². The van der Waals surface area contributed by atoms with E-state index in [0.29, 0.717) is 13.0 Å². The average Bonchev–Trinajstić information content (AvgIpc) is 1.61. The minimum atomic E-state index is -0.773. The van der Waals surface area contributed by atoms with Gasteiger partial charge in [0.2, 0.25) is 0 Å². The summed E-state index contributed by atoms with van der Waals surface area (Å²) in [4.78, 5) is 9.70. The van der Waals surface area contributed by atoms with Crippen LogP contribution in [0.3, 0.4) is 0 Å². The molecular weight excluding hydrogens is 165 g/mol. The molecule has 0 aromatic carbocycles. The Morgan fingerprint density at radius 2 is 1.89 bits per heavy atom. The number of hydrogen-bond donors (Lipinski definition) is 2. The topological polar surface area (TPSA) is 63.3 Å². The number of carboxylic acid groups (broad SMARTS) is 1. The van der Waals surface area contributed by atoms with Crippen molar-refractivity contribution in [2.45, 2.75) is 12.8 Å². The summed E-state index contributed by atoms with van der Waals surface area (Å²) in [6, 6.07) is 0. The lowest BCUT2D eigenvalue weighted by Crippen LogP contribution is -2.02. The van der Waals surface area contributed by atoms with Crippen molar-refractivity contribution in [1.29, 1.82) is 0 Å². The van der Waals surface area contributed by atoms with E-state index < -0.39 is 5.97 Å². The first-order valence-electron chi connectivity index (χ1n) is 2.19. The van der Waals surface area contributed by atoms with E-state index in [1.165, 1.54) is 0 Å². The van der Waals surface area contributed by atoms with Gasteiger partial charge in [0, 0.05) is 6.42 Å². The van der Waals surface area contributed by atoms with Gasteiger partial charge in [0.05, 0.1) is 0 Å². The molecule has 0 atom stereocenters. The van der Waals surface area contributed by atoms with Gasteiger partial charge in [0.15, 0.2) is 0 Å². The molecule has 0 saturated carbocycles. The van der Waals surface area contributed by atoms with Gasteiger partial charge in [-0.2, -0.15) is 0 Å². The van der Waals surface area contributed by atoms with Gasteiger partial charge in [-0.25, -0.2) is 0 Å². The van der Waals surface area contributed by atoms with Crippen LogP contribution < -0.4 is 5.73 Å². The van der Waals surface area contributed by atoms with E-state index in [9.17, 15) is 4.79 Å². The van der Waals surface area contributed by atoms with Gasteiger partial charge in [-0.05, 0) is 13.0 Å². The lowest BCUT2D eigenvalue weighted by atomic mass is 10.3. The van der Waals surface area contributed by atoms with Crippen molar-refractivity contribution in [2.24, 2.45) is 5.73 Å². The van der Waals surface area contributed by atoms with Crippen molar-refractivity contribution >= 4 is 30.8 Å². The second-order valence-electron chi connectivity index (χ2n) is 1.29. The highest BCUT2D eigenvalue weighted by atomic mass is 35.5. The van der Waals surface area contributed by atoms with Gasteiger partial charge in [-0.3, -0.25) is 4.79 Å². The van der Waals surface area contributed by atoms with E-state index in [0.717, 1.165) is 0 Å². The van der Waals surface area contributed by atoms with Crippen molar-refractivity contribution in [3.05, 3.63) is 0 Å². The van der Waals surface area contributed by atoms with Crippen LogP contribution in [0.1, 0.15) is 12.8 Å². The molecule has 3 nitrogen and oxygen atoms in total. The summed E-state index contributed by atoms with van der Waals surface area (Å²) >= 11 is 0. The van der Waals surface area contributed by atoms with Crippen molar-refractivity contribution in [3.63, 3.8) is 0 Å². The van der Waals surface area contributed by atoms with Crippen LogP contribution in [0.25, 0.3) is 0 Å². The highest BCUT2D eigenvalue weighted by Gasteiger charge is 1.91. The first-order chi connectivity index (χ1) is 3.27. The van der Waals surface area contributed by atoms with Gasteiger partial charge < -0.3 is 10.8 Å². The molecule has 0 radical (unpaired) electrons. The molecule has 0 spiro atoms. The minimum Gasteiger partial charge on any atom is -0.481 e. The molecule has 0 aliphatic carbocycles. The molecule has 0 fully saturated rings. The lowest BCUT2D eigenvalue weighted by molar-refractivity contribution is -0.137. The van der Waals surface area contributed by atoms with Gasteiger partial charge in [0.25, 0.3) is 0 Å². The van der Waals surface area contributed by atoms with Crippen LogP contribution in [-0.2, 0) is 4.79 Å². The normalized spacial score (nSPS) is 6.78. The van der Waals surface area contributed by atoms with Crippen LogP contribution in [0.5, 0.6) is 0 Å². The fourth-order valence-corrected chi connectivity index (χ4v) is 0.253. The molecule has 58 valence electrons. The minimum absolute atomic E-state index is 0. The maximum atomic E-state index is 9.70. The summed E-state index contributed by atoms with van der Waals surface area (Å²) in [5.41, 5.74) is 5.01. The Morgan fingerprint density at radius 1 is 1.44 bits per heavy atom. The number of hydrogen-bond acceptors (Lipinski definition) is 2. The average molecular weight is 176 g/mol. The van der Waals surface area contributed by atoms with Crippen LogP contribution in [0.15, 0.2) is 0 Å². The zero-order valence-electron chi connectivity index (χ0n) is 4.87. The van der Waals surface area contributed by atoms with Gasteiger partial charge in [-0.1, -0.05) is 0 Å². The third kappa shape index (κ3) is 18.0. The fraction of sp³-hybridized carbons (Fsp3) is 0.750. The highest BCUT2D eigenvalue weighted by Crippen LogP contribution is 1.82.